The molecule has 10 rings (SSSR count). The van der Waals surface area contributed by atoms with Gasteiger partial charge in [0.25, 0.3) is 23.4 Å². The lowest BCUT2D eigenvalue weighted by molar-refractivity contribution is -0.127. The third-order valence-corrected chi connectivity index (χ3v) is 12.6. The zero-order chi connectivity index (χ0) is 49.2. The summed E-state index contributed by atoms with van der Waals surface area (Å²) in [4.78, 5) is 83.2. The molecule has 0 bridgehead atoms. The molecule has 0 unspecified atom stereocenters. The van der Waals surface area contributed by atoms with Crippen molar-refractivity contribution in [2.24, 2.45) is 0 Å². The second-order valence-electron chi connectivity index (χ2n) is 16.8. The van der Waals surface area contributed by atoms with Crippen molar-refractivity contribution in [3.63, 3.8) is 0 Å². The summed E-state index contributed by atoms with van der Waals surface area (Å²) in [7, 11) is -0.510. The SMILES string of the molecule is Cc1ncn(-c2ncc(OBOc3cnc(-n4cnc(C)n4)c4[nH]cc(C(=O)C(=O)N5CCC(=C(C#N)c6ccccc6)CC5)c34)c3c(C(=O)C(=O)N4CCC(=C(C#N)c5ccccc5)CC4)c[nH]c23)n1. The van der Waals surface area contributed by atoms with E-state index in [9.17, 15) is 29.7 Å². The third kappa shape index (κ3) is 8.68. The van der Waals surface area contributed by atoms with E-state index in [2.05, 4.69) is 52.2 Å². The number of nitrogens with zero attached hydrogens (tertiary/aromatic N) is 12. The summed E-state index contributed by atoms with van der Waals surface area (Å²) < 4.78 is 15.3. The molecule has 2 saturated heterocycles. The molecule has 2 aliphatic heterocycles. The van der Waals surface area contributed by atoms with Gasteiger partial charge in [0.2, 0.25) is 0 Å². The number of fused-ring (bicyclic) bond motifs is 2. The number of pyridine rings is 2. The van der Waals surface area contributed by atoms with E-state index in [1.54, 1.807) is 13.8 Å². The molecule has 8 aromatic rings. The largest absolute Gasteiger partial charge is 0.576 e. The predicted octanol–water partition coefficient (Wildman–Crippen LogP) is 5.51. The van der Waals surface area contributed by atoms with Gasteiger partial charge in [0, 0.05) is 38.6 Å². The fraction of sp³-hybridized carbons (Fsp3) is 0.200. The van der Waals surface area contributed by atoms with Crippen LogP contribution in [0.2, 0.25) is 0 Å². The normalized spacial score (nSPS) is 13.7. The van der Waals surface area contributed by atoms with Crippen LogP contribution in [-0.4, -0.2) is 117 Å². The maximum absolute atomic E-state index is 14.2. The minimum Gasteiger partial charge on any atom is -0.527 e. The molecule has 350 valence electrons. The molecule has 2 aliphatic rings. The van der Waals surface area contributed by atoms with E-state index in [4.69, 9.17) is 9.31 Å². The average molecular weight is 945 g/mol. The van der Waals surface area contributed by atoms with Crippen molar-refractivity contribution in [2.45, 2.75) is 39.5 Å². The topological polar surface area (TPSA) is 260 Å². The Morgan fingerprint density at radius 2 is 0.986 bits per heavy atom. The molecule has 2 aromatic carbocycles. The minimum absolute atomic E-state index is 0.0154. The Kier molecular flexibility index (Phi) is 12.3. The molecule has 2 amide bonds. The number of benzene rings is 2. The minimum atomic E-state index is -0.794. The maximum Gasteiger partial charge on any atom is 0.576 e. The predicted molar refractivity (Wildman–Crippen MR) is 258 cm³/mol. The second-order valence-corrected chi connectivity index (χ2v) is 16.8. The fourth-order valence-corrected chi connectivity index (χ4v) is 9.07. The number of aromatic nitrogens is 10. The molecule has 0 atom stereocenters. The Balaban J connectivity index is 0.924. The van der Waals surface area contributed by atoms with E-state index < -0.39 is 31.1 Å². The number of carbonyl (C=O) groups is 4. The number of rotatable bonds is 12. The first-order valence-corrected chi connectivity index (χ1v) is 22.7. The first-order chi connectivity index (χ1) is 34.6. The van der Waals surface area contributed by atoms with Gasteiger partial charge in [-0.25, -0.2) is 29.3 Å². The van der Waals surface area contributed by atoms with Gasteiger partial charge in [0.1, 0.15) is 35.8 Å². The van der Waals surface area contributed by atoms with Crippen LogP contribution in [-0.2, 0) is 9.59 Å². The van der Waals surface area contributed by atoms with Crippen molar-refractivity contribution in [2.75, 3.05) is 26.2 Å². The zero-order valence-corrected chi connectivity index (χ0v) is 38.4. The Morgan fingerprint density at radius 1 is 0.592 bits per heavy atom. The molecule has 21 heteroatoms. The lowest BCUT2D eigenvalue weighted by Crippen LogP contribution is -2.40. The van der Waals surface area contributed by atoms with Crippen molar-refractivity contribution in [1.29, 1.82) is 10.5 Å². The Bertz CT molecular complexity index is 3320. The highest BCUT2D eigenvalue weighted by Crippen LogP contribution is 2.36. The van der Waals surface area contributed by atoms with Crippen LogP contribution in [0.25, 0.3) is 44.6 Å². The quantitative estimate of drug-likeness (QED) is 0.0663. The highest BCUT2D eigenvalue weighted by Gasteiger charge is 2.33. The molecular formula is C50H41BN14O6. The lowest BCUT2D eigenvalue weighted by Gasteiger charge is -2.28. The standard InChI is InChI=1S/C50H41BN14O6/c1-29-58-27-64(60-29)47-43-41(37(23-54-43)45(66)49(68)62-17-13-33(14-18-62)35(21-52)31-9-5-3-6-10-31)39(25-56-47)70-51-71-40-26-57-48(65-28-59-30(2)61-65)44-42(40)38(24-55-44)46(67)50(69)63-19-15-34(16-20-63)36(22-53)32-11-7-4-8-12-32/h3-12,23-28,51,54-55H,13-20H2,1-2H3. The summed E-state index contributed by atoms with van der Waals surface area (Å²) in [5.74, 6) is -1.37. The first-order valence-electron chi connectivity index (χ1n) is 22.7. The van der Waals surface area contributed by atoms with E-state index in [0.29, 0.717) is 59.5 Å². The highest BCUT2D eigenvalue weighted by atomic mass is 16.6. The summed E-state index contributed by atoms with van der Waals surface area (Å²) in [6.07, 6.45) is 10.2. The number of amides is 2. The summed E-state index contributed by atoms with van der Waals surface area (Å²) >= 11 is 0. The van der Waals surface area contributed by atoms with Crippen LogP contribution in [0.15, 0.2) is 109 Å². The van der Waals surface area contributed by atoms with Crippen LogP contribution in [0.5, 0.6) is 11.5 Å². The number of likely N-dealkylation sites (tertiary alicyclic amines) is 2. The van der Waals surface area contributed by atoms with E-state index in [0.717, 1.165) is 22.3 Å². The van der Waals surface area contributed by atoms with Crippen LogP contribution in [0.1, 0.15) is 69.2 Å². The van der Waals surface area contributed by atoms with Gasteiger partial charge in [-0.2, -0.15) is 20.7 Å². The van der Waals surface area contributed by atoms with Gasteiger partial charge in [0.05, 0.1) is 68.6 Å². The van der Waals surface area contributed by atoms with Crippen LogP contribution >= 0.6 is 0 Å². The highest BCUT2D eigenvalue weighted by molar-refractivity contribution is 6.46. The molecular weight excluding hydrogens is 903 g/mol. The number of H-pyrrole nitrogens is 2. The Hall–Kier alpha value is -9.50. The van der Waals surface area contributed by atoms with Crippen molar-refractivity contribution in [3.8, 4) is 35.3 Å². The molecule has 0 radical (unpaired) electrons. The van der Waals surface area contributed by atoms with Gasteiger partial charge >= 0.3 is 7.69 Å². The van der Waals surface area contributed by atoms with E-state index in [-0.39, 0.29) is 71.2 Å². The molecule has 2 N–H and O–H groups in total. The number of Topliss-reactive ketones (excluding diaryl/α,β-unsaturated/α-hetero) is 2. The number of aryl methyl sites for hydroxylation is 2. The average Bonchev–Trinajstić information content (AvgIpc) is 4.25. The number of nitrogens with one attached hydrogen (secondary N) is 2. The van der Waals surface area contributed by atoms with Crippen molar-refractivity contribution < 1.29 is 28.5 Å². The molecule has 0 spiro atoms. The van der Waals surface area contributed by atoms with Gasteiger partial charge in [-0.15, -0.1) is 0 Å². The second kappa shape index (κ2) is 19.2. The van der Waals surface area contributed by atoms with Gasteiger partial charge < -0.3 is 29.1 Å². The van der Waals surface area contributed by atoms with Crippen LogP contribution in [0.3, 0.4) is 0 Å². The molecule has 8 heterocycles. The first kappa shape index (κ1) is 45.3. The van der Waals surface area contributed by atoms with Crippen molar-refractivity contribution in [1.82, 2.24) is 59.3 Å². The summed E-state index contributed by atoms with van der Waals surface area (Å²) in [5.41, 5.74) is 5.26. The maximum atomic E-state index is 14.2. The number of allylic oxidation sites excluding steroid dienone is 2. The number of hydrogen-bond donors (Lipinski definition) is 2. The van der Waals surface area contributed by atoms with E-state index in [1.807, 2.05) is 60.7 Å². The van der Waals surface area contributed by atoms with Crippen molar-refractivity contribution in [3.05, 3.63) is 143 Å². The number of piperidine rings is 2. The third-order valence-electron chi connectivity index (χ3n) is 12.6. The van der Waals surface area contributed by atoms with Crippen molar-refractivity contribution >= 4 is 64.0 Å². The number of ketones is 2. The number of carbonyl (C=O) groups excluding carboxylic acids is 4. The van der Waals surface area contributed by atoms with Crippen LogP contribution < -0.4 is 9.31 Å². The molecule has 71 heavy (non-hydrogen) atoms. The molecule has 0 aliphatic carbocycles. The summed E-state index contributed by atoms with van der Waals surface area (Å²) in [6.45, 7) is 4.39. The molecule has 20 nitrogen and oxygen atoms in total. The number of aromatic amines is 2. The van der Waals surface area contributed by atoms with E-state index >= 15 is 0 Å². The Labute approximate surface area is 405 Å². The number of nitriles is 2. The van der Waals surface area contributed by atoms with Gasteiger partial charge in [-0.3, -0.25) is 19.2 Å². The summed E-state index contributed by atoms with van der Waals surface area (Å²) in [6, 6.07) is 23.4. The molecule has 0 saturated carbocycles. The summed E-state index contributed by atoms with van der Waals surface area (Å²) in [5, 5.41) is 29.2. The smallest absolute Gasteiger partial charge is 0.527 e. The lowest BCUT2D eigenvalue weighted by atomic mass is 9.93. The van der Waals surface area contributed by atoms with Gasteiger partial charge in [-0.1, -0.05) is 60.7 Å². The Morgan fingerprint density at radius 3 is 1.34 bits per heavy atom. The molecule has 2 fully saturated rings. The fourth-order valence-electron chi connectivity index (χ4n) is 9.07. The number of hydrogen-bond acceptors (Lipinski definition) is 14. The monoisotopic (exact) mass is 944 g/mol. The van der Waals surface area contributed by atoms with E-state index in [1.165, 1.54) is 56.6 Å². The zero-order valence-electron chi connectivity index (χ0n) is 38.4. The van der Waals surface area contributed by atoms with Gasteiger partial charge in [-0.05, 0) is 61.8 Å². The van der Waals surface area contributed by atoms with Crippen LogP contribution in [0.4, 0.5) is 0 Å². The van der Waals surface area contributed by atoms with Crippen LogP contribution in [0, 0.1) is 36.5 Å². The van der Waals surface area contributed by atoms with Gasteiger partial charge in [0.15, 0.2) is 11.6 Å². The molecule has 6 aromatic heterocycles.